The SMILES string of the molecule is Cc1cc(NC(=O)CCNC(=O)c2ccc(Cl)cc2)no1. The number of benzene rings is 1. The van der Waals surface area contributed by atoms with Crippen molar-refractivity contribution in [1.82, 2.24) is 10.5 Å². The van der Waals surface area contributed by atoms with Crippen LogP contribution in [0.15, 0.2) is 34.9 Å². The lowest BCUT2D eigenvalue weighted by atomic mass is 10.2. The molecule has 0 bridgehead atoms. The highest BCUT2D eigenvalue weighted by atomic mass is 35.5. The second-order valence-electron chi connectivity index (χ2n) is 4.38. The molecule has 7 heteroatoms. The number of hydrogen-bond acceptors (Lipinski definition) is 4. The number of halogens is 1. The number of hydrogen-bond donors (Lipinski definition) is 2. The van der Waals surface area contributed by atoms with E-state index < -0.39 is 0 Å². The zero-order valence-corrected chi connectivity index (χ0v) is 12.1. The van der Waals surface area contributed by atoms with Gasteiger partial charge in [-0.15, -0.1) is 0 Å². The molecule has 110 valence electrons. The summed E-state index contributed by atoms with van der Waals surface area (Å²) in [7, 11) is 0. The van der Waals surface area contributed by atoms with Crippen LogP contribution in [0.2, 0.25) is 5.02 Å². The van der Waals surface area contributed by atoms with Gasteiger partial charge in [-0.3, -0.25) is 9.59 Å². The lowest BCUT2D eigenvalue weighted by molar-refractivity contribution is -0.116. The Kier molecular flexibility index (Phi) is 4.94. The van der Waals surface area contributed by atoms with E-state index in [1.165, 1.54) is 0 Å². The van der Waals surface area contributed by atoms with Gasteiger partial charge in [0.15, 0.2) is 5.82 Å². The maximum Gasteiger partial charge on any atom is 0.251 e. The van der Waals surface area contributed by atoms with Crippen molar-refractivity contribution in [3.05, 3.63) is 46.7 Å². The van der Waals surface area contributed by atoms with Gasteiger partial charge in [0.25, 0.3) is 5.91 Å². The average Bonchev–Trinajstić information content (AvgIpc) is 2.84. The highest BCUT2D eigenvalue weighted by Crippen LogP contribution is 2.09. The van der Waals surface area contributed by atoms with E-state index in [2.05, 4.69) is 15.8 Å². The number of carbonyl (C=O) groups is 2. The Morgan fingerprint density at radius 1 is 1.29 bits per heavy atom. The summed E-state index contributed by atoms with van der Waals surface area (Å²) in [5.41, 5.74) is 0.493. The lowest BCUT2D eigenvalue weighted by Gasteiger charge is -2.05. The number of rotatable bonds is 5. The van der Waals surface area contributed by atoms with Crippen molar-refractivity contribution in [2.24, 2.45) is 0 Å². The smallest absolute Gasteiger partial charge is 0.251 e. The molecule has 2 N–H and O–H groups in total. The normalized spacial score (nSPS) is 10.2. The van der Waals surface area contributed by atoms with Gasteiger partial charge in [-0.05, 0) is 31.2 Å². The molecule has 2 aromatic rings. The molecular formula is C14H14ClN3O3. The summed E-state index contributed by atoms with van der Waals surface area (Å²) in [5, 5.41) is 9.44. The predicted octanol–water partition coefficient (Wildman–Crippen LogP) is 2.40. The maximum absolute atomic E-state index is 11.8. The van der Waals surface area contributed by atoms with Crippen LogP contribution in [0.25, 0.3) is 0 Å². The maximum atomic E-state index is 11.8. The molecule has 1 heterocycles. The van der Waals surface area contributed by atoms with Crippen LogP contribution in [-0.2, 0) is 4.79 Å². The van der Waals surface area contributed by atoms with E-state index in [9.17, 15) is 9.59 Å². The number of anilines is 1. The van der Waals surface area contributed by atoms with Crippen LogP contribution in [0, 0.1) is 6.92 Å². The second-order valence-corrected chi connectivity index (χ2v) is 4.82. The number of carbonyl (C=O) groups excluding carboxylic acids is 2. The van der Waals surface area contributed by atoms with Gasteiger partial charge in [0.1, 0.15) is 5.76 Å². The molecule has 0 radical (unpaired) electrons. The lowest BCUT2D eigenvalue weighted by Crippen LogP contribution is -2.27. The molecule has 0 spiro atoms. The quantitative estimate of drug-likeness (QED) is 0.888. The van der Waals surface area contributed by atoms with Gasteiger partial charge >= 0.3 is 0 Å². The van der Waals surface area contributed by atoms with Crippen LogP contribution < -0.4 is 10.6 Å². The molecule has 0 aliphatic carbocycles. The third kappa shape index (κ3) is 4.61. The second kappa shape index (κ2) is 6.90. The predicted molar refractivity (Wildman–Crippen MR) is 78.3 cm³/mol. The fourth-order valence-corrected chi connectivity index (χ4v) is 1.75. The molecule has 1 aromatic heterocycles. The Morgan fingerprint density at radius 2 is 2.00 bits per heavy atom. The molecule has 6 nitrogen and oxygen atoms in total. The molecule has 2 amide bonds. The van der Waals surface area contributed by atoms with Crippen molar-refractivity contribution >= 4 is 29.2 Å². The fraction of sp³-hybridized carbons (Fsp3) is 0.214. The van der Waals surface area contributed by atoms with E-state index in [1.807, 2.05) is 0 Å². The van der Waals surface area contributed by atoms with Crippen LogP contribution in [0.1, 0.15) is 22.5 Å². The Morgan fingerprint density at radius 3 is 2.62 bits per heavy atom. The van der Waals surface area contributed by atoms with E-state index in [0.29, 0.717) is 22.2 Å². The average molecular weight is 308 g/mol. The van der Waals surface area contributed by atoms with Crippen molar-refractivity contribution in [2.45, 2.75) is 13.3 Å². The number of nitrogens with zero attached hydrogens (tertiary/aromatic N) is 1. The molecular weight excluding hydrogens is 294 g/mol. The Bertz CT molecular complexity index is 637. The highest BCUT2D eigenvalue weighted by molar-refractivity contribution is 6.30. The first-order valence-electron chi connectivity index (χ1n) is 6.31. The molecule has 0 unspecified atom stereocenters. The zero-order valence-electron chi connectivity index (χ0n) is 11.4. The van der Waals surface area contributed by atoms with Gasteiger partial charge < -0.3 is 15.2 Å². The molecule has 0 aliphatic rings. The number of aryl methyl sites for hydroxylation is 1. The first-order valence-corrected chi connectivity index (χ1v) is 6.69. The minimum atomic E-state index is -0.253. The summed E-state index contributed by atoms with van der Waals surface area (Å²) in [6.45, 7) is 1.96. The first kappa shape index (κ1) is 15.1. The molecule has 0 atom stereocenters. The molecule has 0 fully saturated rings. The van der Waals surface area contributed by atoms with E-state index in [4.69, 9.17) is 16.1 Å². The minimum absolute atomic E-state index is 0.144. The zero-order chi connectivity index (χ0) is 15.2. The molecule has 1 aromatic carbocycles. The number of amides is 2. The van der Waals surface area contributed by atoms with Crippen LogP contribution >= 0.6 is 11.6 Å². The summed E-state index contributed by atoms with van der Waals surface area (Å²) in [6.07, 6.45) is 0.144. The van der Waals surface area contributed by atoms with Gasteiger partial charge in [-0.25, -0.2) is 0 Å². The van der Waals surface area contributed by atoms with E-state index in [-0.39, 0.29) is 24.8 Å². The van der Waals surface area contributed by atoms with Crippen LogP contribution in [0.4, 0.5) is 5.82 Å². The van der Waals surface area contributed by atoms with Gasteiger partial charge in [-0.1, -0.05) is 16.8 Å². The van der Waals surface area contributed by atoms with Crippen LogP contribution in [0.3, 0.4) is 0 Å². The third-order valence-corrected chi connectivity index (χ3v) is 2.89. The third-order valence-electron chi connectivity index (χ3n) is 2.64. The van der Waals surface area contributed by atoms with Crippen molar-refractivity contribution < 1.29 is 14.1 Å². The molecule has 0 aliphatic heterocycles. The summed E-state index contributed by atoms with van der Waals surface area (Å²) in [5.74, 6) is 0.472. The molecule has 0 saturated carbocycles. The van der Waals surface area contributed by atoms with Crippen molar-refractivity contribution in [1.29, 1.82) is 0 Å². The van der Waals surface area contributed by atoms with Gasteiger partial charge in [-0.2, -0.15) is 0 Å². The van der Waals surface area contributed by atoms with Crippen LogP contribution in [0.5, 0.6) is 0 Å². The molecule has 2 rings (SSSR count). The standard InChI is InChI=1S/C14H14ClN3O3/c1-9-8-12(18-21-9)17-13(19)6-7-16-14(20)10-2-4-11(15)5-3-10/h2-5,8H,6-7H2,1H3,(H,16,20)(H,17,18,19). The van der Waals surface area contributed by atoms with Crippen molar-refractivity contribution in [2.75, 3.05) is 11.9 Å². The van der Waals surface area contributed by atoms with Gasteiger partial charge in [0.05, 0.1) is 0 Å². The van der Waals surface area contributed by atoms with Crippen LogP contribution in [-0.4, -0.2) is 23.5 Å². The van der Waals surface area contributed by atoms with Gasteiger partial charge in [0.2, 0.25) is 5.91 Å². The Hall–Kier alpha value is -2.34. The summed E-state index contributed by atoms with van der Waals surface area (Å²) in [6, 6.07) is 8.13. The van der Waals surface area contributed by atoms with E-state index >= 15 is 0 Å². The fourth-order valence-electron chi connectivity index (χ4n) is 1.62. The molecule has 21 heavy (non-hydrogen) atoms. The van der Waals surface area contributed by atoms with E-state index in [0.717, 1.165) is 0 Å². The largest absolute Gasteiger partial charge is 0.360 e. The summed E-state index contributed by atoms with van der Waals surface area (Å²) < 4.78 is 4.83. The Balaban J connectivity index is 1.74. The highest BCUT2D eigenvalue weighted by Gasteiger charge is 2.08. The van der Waals surface area contributed by atoms with Crippen molar-refractivity contribution in [3.63, 3.8) is 0 Å². The van der Waals surface area contributed by atoms with Gasteiger partial charge in [0, 0.05) is 29.6 Å². The topological polar surface area (TPSA) is 84.2 Å². The summed E-state index contributed by atoms with van der Waals surface area (Å²) in [4.78, 5) is 23.4. The first-order chi connectivity index (χ1) is 10.0. The summed E-state index contributed by atoms with van der Waals surface area (Å²) >= 11 is 5.74. The number of nitrogens with one attached hydrogen (secondary N) is 2. The van der Waals surface area contributed by atoms with E-state index in [1.54, 1.807) is 37.3 Å². The van der Waals surface area contributed by atoms with Crippen molar-refractivity contribution in [3.8, 4) is 0 Å². The number of aromatic nitrogens is 1. The molecule has 0 saturated heterocycles. The minimum Gasteiger partial charge on any atom is -0.360 e. The Labute approximate surface area is 126 Å². The monoisotopic (exact) mass is 307 g/mol.